The molecule has 2 aromatic heterocycles. The highest BCUT2D eigenvalue weighted by molar-refractivity contribution is 5.91. The number of carbonyl (C=O) groups excluding carboxylic acids is 1. The zero-order chi connectivity index (χ0) is 27.6. The van der Waals surface area contributed by atoms with E-state index in [-0.39, 0.29) is 11.6 Å². The largest absolute Gasteiger partial charge is 0.457 e. The lowest BCUT2D eigenvalue weighted by molar-refractivity contribution is -0.137. The minimum absolute atomic E-state index is 0.139. The van der Waals surface area contributed by atoms with Crippen molar-refractivity contribution in [2.75, 3.05) is 50.4 Å². The van der Waals surface area contributed by atoms with E-state index < -0.39 is 11.7 Å². The molecule has 0 spiro atoms. The van der Waals surface area contributed by atoms with Crippen LogP contribution in [0.3, 0.4) is 0 Å². The number of fused-ring (bicyclic) bond motifs is 1. The Bertz CT molecular complexity index is 1480. The van der Waals surface area contributed by atoms with E-state index in [4.69, 9.17) is 4.74 Å². The van der Waals surface area contributed by atoms with Gasteiger partial charge in [-0.15, -0.1) is 0 Å². The van der Waals surface area contributed by atoms with Crippen molar-refractivity contribution < 1.29 is 22.7 Å². The Balaban J connectivity index is 1.26. The highest BCUT2D eigenvalue weighted by Crippen LogP contribution is 2.32. The SMILES string of the molecule is CN1CCN(CC(=O)Nc2cc(Oc3ccc4c(c3)nc(Nc3cccc(C(F)(F)F)c3)n4C)ccn2)CC1. The number of nitrogens with zero attached hydrogens (tertiary/aromatic N) is 5. The summed E-state index contributed by atoms with van der Waals surface area (Å²) in [5.74, 6) is 1.62. The third-order valence-corrected chi connectivity index (χ3v) is 6.50. The van der Waals surface area contributed by atoms with Crippen LogP contribution < -0.4 is 15.4 Å². The Morgan fingerprint density at radius 3 is 2.54 bits per heavy atom. The molecule has 1 aliphatic rings. The van der Waals surface area contributed by atoms with E-state index in [0.29, 0.717) is 35.3 Å². The summed E-state index contributed by atoms with van der Waals surface area (Å²) in [6.45, 7) is 3.84. The summed E-state index contributed by atoms with van der Waals surface area (Å²) in [6.07, 6.45) is -2.88. The summed E-state index contributed by atoms with van der Waals surface area (Å²) in [6, 6.07) is 13.6. The average Bonchev–Trinajstić information content (AvgIpc) is 3.19. The number of anilines is 3. The summed E-state index contributed by atoms with van der Waals surface area (Å²) in [5.41, 5.74) is 0.899. The smallest absolute Gasteiger partial charge is 0.416 e. The second kappa shape index (κ2) is 10.9. The number of ether oxygens (including phenoxy) is 1. The number of nitrogens with one attached hydrogen (secondary N) is 2. The van der Waals surface area contributed by atoms with Crippen molar-refractivity contribution in [2.45, 2.75) is 6.18 Å². The van der Waals surface area contributed by atoms with Gasteiger partial charge >= 0.3 is 6.18 Å². The first-order valence-corrected chi connectivity index (χ1v) is 12.4. The molecule has 0 atom stereocenters. The van der Waals surface area contributed by atoms with Gasteiger partial charge in [0.05, 0.1) is 23.1 Å². The van der Waals surface area contributed by atoms with Crippen LogP contribution in [0.15, 0.2) is 60.8 Å². The maximum absolute atomic E-state index is 13.1. The van der Waals surface area contributed by atoms with E-state index in [2.05, 4.69) is 37.4 Å². The molecular formula is C27H28F3N7O2. The quantitative estimate of drug-likeness (QED) is 0.352. The van der Waals surface area contributed by atoms with Gasteiger partial charge in [-0.2, -0.15) is 13.2 Å². The third kappa shape index (κ3) is 6.47. The van der Waals surface area contributed by atoms with Gasteiger partial charge in [-0.3, -0.25) is 9.69 Å². The maximum Gasteiger partial charge on any atom is 0.416 e. The van der Waals surface area contributed by atoms with Gasteiger partial charge in [-0.05, 0) is 43.4 Å². The van der Waals surface area contributed by atoms with Crippen LogP contribution >= 0.6 is 0 Å². The van der Waals surface area contributed by atoms with Gasteiger partial charge < -0.3 is 24.8 Å². The molecule has 1 saturated heterocycles. The van der Waals surface area contributed by atoms with E-state index in [1.807, 2.05) is 6.07 Å². The molecular weight excluding hydrogens is 511 g/mol. The molecule has 0 saturated carbocycles. The summed E-state index contributed by atoms with van der Waals surface area (Å²) in [7, 11) is 3.83. The first-order chi connectivity index (χ1) is 18.6. The molecule has 2 N–H and O–H groups in total. The predicted molar refractivity (Wildman–Crippen MR) is 142 cm³/mol. The Kier molecular flexibility index (Phi) is 7.40. The number of imidazole rings is 1. The topological polar surface area (TPSA) is 87.5 Å². The average molecular weight is 540 g/mol. The third-order valence-electron chi connectivity index (χ3n) is 6.50. The molecule has 0 bridgehead atoms. The molecule has 9 nitrogen and oxygen atoms in total. The van der Waals surface area contributed by atoms with E-state index >= 15 is 0 Å². The van der Waals surface area contributed by atoms with Crippen LogP contribution in [0.5, 0.6) is 11.5 Å². The molecule has 0 unspecified atom stereocenters. The molecule has 12 heteroatoms. The zero-order valence-corrected chi connectivity index (χ0v) is 21.5. The minimum Gasteiger partial charge on any atom is -0.457 e. The first-order valence-electron chi connectivity index (χ1n) is 12.4. The molecule has 1 amide bonds. The molecule has 3 heterocycles. The predicted octanol–water partition coefficient (Wildman–Crippen LogP) is 4.71. The highest BCUT2D eigenvalue weighted by Gasteiger charge is 2.30. The van der Waals surface area contributed by atoms with E-state index in [9.17, 15) is 18.0 Å². The van der Waals surface area contributed by atoms with Crippen molar-refractivity contribution in [1.29, 1.82) is 0 Å². The number of aryl methyl sites for hydroxylation is 1. The fourth-order valence-electron chi connectivity index (χ4n) is 4.33. The molecule has 2 aromatic carbocycles. The molecule has 5 rings (SSSR count). The number of alkyl halides is 3. The normalized spacial score (nSPS) is 14.9. The number of halogens is 3. The second-order valence-electron chi connectivity index (χ2n) is 9.45. The number of carbonyl (C=O) groups is 1. The van der Waals surface area contributed by atoms with Gasteiger partial charge in [0.1, 0.15) is 17.3 Å². The van der Waals surface area contributed by atoms with E-state index in [1.165, 1.54) is 6.07 Å². The number of amides is 1. The van der Waals surface area contributed by atoms with Crippen molar-refractivity contribution in [2.24, 2.45) is 7.05 Å². The number of aromatic nitrogens is 3. The van der Waals surface area contributed by atoms with Gasteiger partial charge in [0.25, 0.3) is 0 Å². The highest BCUT2D eigenvalue weighted by atomic mass is 19.4. The second-order valence-corrected chi connectivity index (χ2v) is 9.45. The number of rotatable bonds is 7. The Labute approximate surface area is 223 Å². The van der Waals surface area contributed by atoms with Crippen LogP contribution in [0.4, 0.5) is 30.6 Å². The number of hydrogen-bond donors (Lipinski definition) is 2. The standard InChI is InChI=1S/C27H28F3N7O2/c1-35-10-12-37(13-11-35)17-25(38)34-24-16-21(8-9-31-24)39-20-6-7-23-22(15-20)33-26(36(23)2)32-19-5-3-4-18(14-19)27(28,29)30/h3-9,14-16H,10-13,17H2,1-2H3,(H,32,33)(H,31,34,38). The molecule has 0 aliphatic carbocycles. The first kappa shape index (κ1) is 26.4. The Morgan fingerprint density at radius 2 is 1.77 bits per heavy atom. The molecule has 1 fully saturated rings. The monoisotopic (exact) mass is 539 g/mol. The van der Waals surface area contributed by atoms with Gasteiger partial charge in [-0.1, -0.05) is 6.07 Å². The molecule has 4 aromatic rings. The van der Waals surface area contributed by atoms with Crippen LogP contribution in [0, 0.1) is 0 Å². The lowest BCUT2D eigenvalue weighted by Crippen LogP contribution is -2.47. The van der Waals surface area contributed by atoms with E-state index in [0.717, 1.165) is 43.8 Å². The summed E-state index contributed by atoms with van der Waals surface area (Å²) < 4.78 is 47.0. The van der Waals surface area contributed by atoms with Crippen molar-refractivity contribution in [3.8, 4) is 11.5 Å². The number of likely N-dealkylation sites (N-methyl/N-ethyl adjacent to an activating group) is 1. The van der Waals surface area contributed by atoms with Crippen LogP contribution in [0.25, 0.3) is 11.0 Å². The minimum atomic E-state index is -4.43. The van der Waals surface area contributed by atoms with Crippen molar-refractivity contribution >= 4 is 34.4 Å². The van der Waals surface area contributed by atoms with E-state index in [1.54, 1.807) is 48.1 Å². The van der Waals surface area contributed by atoms with Crippen molar-refractivity contribution in [3.05, 3.63) is 66.4 Å². The number of benzene rings is 2. The molecule has 39 heavy (non-hydrogen) atoms. The molecule has 204 valence electrons. The van der Waals surface area contributed by atoms with Crippen LogP contribution in [-0.4, -0.2) is 70.0 Å². The van der Waals surface area contributed by atoms with Crippen molar-refractivity contribution in [3.63, 3.8) is 0 Å². The summed E-state index contributed by atoms with van der Waals surface area (Å²) >= 11 is 0. The van der Waals surface area contributed by atoms with Gasteiger partial charge in [0, 0.05) is 57.2 Å². The molecule has 0 radical (unpaired) electrons. The van der Waals surface area contributed by atoms with Crippen LogP contribution in [-0.2, 0) is 18.0 Å². The number of hydrogen-bond acceptors (Lipinski definition) is 7. The Hall–Kier alpha value is -4.16. The maximum atomic E-state index is 13.1. The lowest BCUT2D eigenvalue weighted by Gasteiger charge is -2.31. The Morgan fingerprint density at radius 1 is 1.00 bits per heavy atom. The zero-order valence-electron chi connectivity index (χ0n) is 21.5. The number of pyridine rings is 1. The lowest BCUT2D eigenvalue weighted by atomic mass is 10.2. The van der Waals surface area contributed by atoms with Crippen LogP contribution in [0.1, 0.15) is 5.56 Å². The summed E-state index contributed by atoms with van der Waals surface area (Å²) in [5, 5.41) is 5.78. The fraction of sp³-hybridized carbons (Fsp3) is 0.296. The van der Waals surface area contributed by atoms with Gasteiger partial charge in [0.2, 0.25) is 11.9 Å². The summed E-state index contributed by atoms with van der Waals surface area (Å²) in [4.78, 5) is 25.6. The van der Waals surface area contributed by atoms with Gasteiger partial charge in [0.15, 0.2) is 0 Å². The molecule has 1 aliphatic heterocycles. The fourth-order valence-corrected chi connectivity index (χ4v) is 4.33. The van der Waals surface area contributed by atoms with Crippen LogP contribution in [0.2, 0.25) is 0 Å². The van der Waals surface area contributed by atoms with Crippen molar-refractivity contribution in [1.82, 2.24) is 24.3 Å². The number of piperazine rings is 1. The van der Waals surface area contributed by atoms with Gasteiger partial charge in [-0.25, -0.2) is 9.97 Å².